The van der Waals surface area contributed by atoms with E-state index in [4.69, 9.17) is 9.98 Å². The quantitative estimate of drug-likeness (QED) is 0.542. The molecule has 1 aliphatic carbocycles. The molecule has 6 heteroatoms. The summed E-state index contributed by atoms with van der Waals surface area (Å²) in [4.78, 5) is 25.9. The van der Waals surface area contributed by atoms with Gasteiger partial charge >= 0.3 is 0 Å². The molecule has 0 bridgehead atoms. The van der Waals surface area contributed by atoms with Crippen molar-refractivity contribution in [3.63, 3.8) is 0 Å². The average molecular weight is 448 g/mol. The number of anilines is 1. The van der Waals surface area contributed by atoms with Gasteiger partial charge in [-0.2, -0.15) is 9.78 Å². The summed E-state index contributed by atoms with van der Waals surface area (Å²) in [5, 5.41) is 4.58. The van der Waals surface area contributed by atoms with Crippen LogP contribution < -0.4 is 10.5 Å². The summed E-state index contributed by atoms with van der Waals surface area (Å²) in [6.45, 7) is 12.4. The smallest absolute Gasteiger partial charge is 0.277 e. The Morgan fingerprint density at radius 3 is 2.45 bits per heavy atom. The van der Waals surface area contributed by atoms with Crippen LogP contribution in [0.1, 0.15) is 94.8 Å². The van der Waals surface area contributed by atoms with E-state index in [9.17, 15) is 4.79 Å². The Kier molecular flexibility index (Phi) is 7.11. The van der Waals surface area contributed by atoms with E-state index in [1.165, 1.54) is 29.6 Å². The van der Waals surface area contributed by atoms with Crippen molar-refractivity contribution >= 4 is 22.8 Å². The standard InChI is InChI=1S/C27H37N5O/c1-6-12-22-25(20-13-10-9-11-14-20)29-26-24(19(5)30-32(26)27(22)33)28-23-16-15-21(17-18(23)4)31(7-2)8-3/h15-17,20H,6-14H2,1-5H3. The summed E-state index contributed by atoms with van der Waals surface area (Å²) in [7, 11) is 0. The molecular weight excluding hydrogens is 410 g/mol. The zero-order chi connectivity index (χ0) is 23.5. The summed E-state index contributed by atoms with van der Waals surface area (Å²) >= 11 is 0. The van der Waals surface area contributed by atoms with Gasteiger partial charge < -0.3 is 4.90 Å². The van der Waals surface area contributed by atoms with Crippen molar-refractivity contribution in [2.24, 2.45) is 10.1 Å². The van der Waals surface area contributed by atoms with E-state index in [-0.39, 0.29) is 5.56 Å². The Morgan fingerprint density at radius 2 is 1.82 bits per heavy atom. The highest BCUT2D eigenvalue weighted by Crippen LogP contribution is 2.34. The van der Waals surface area contributed by atoms with Crippen LogP contribution in [0.2, 0.25) is 0 Å². The largest absolute Gasteiger partial charge is 0.372 e. The predicted octanol–water partition coefficient (Wildman–Crippen LogP) is 5.76. The summed E-state index contributed by atoms with van der Waals surface area (Å²) in [5.41, 5.74) is 6.51. The van der Waals surface area contributed by atoms with Gasteiger partial charge in [-0.15, -0.1) is 0 Å². The van der Waals surface area contributed by atoms with E-state index in [1.54, 1.807) is 0 Å². The fraction of sp³-hybridized carbons (Fsp3) is 0.556. The summed E-state index contributed by atoms with van der Waals surface area (Å²) in [6, 6.07) is 6.38. The highest BCUT2D eigenvalue weighted by Gasteiger charge is 2.29. The number of aryl methyl sites for hydroxylation is 1. The molecule has 0 radical (unpaired) electrons. The third-order valence-corrected chi connectivity index (χ3v) is 7.02. The van der Waals surface area contributed by atoms with Crippen LogP contribution in [-0.4, -0.2) is 34.2 Å². The number of rotatable bonds is 7. The van der Waals surface area contributed by atoms with Gasteiger partial charge in [-0.1, -0.05) is 32.6 Å². The first kappa shape index (κ1) is 23.4. The fourth-order valence-corrected chi connectivity index (χ4v) is 5.17. The number of nitrogens with zero attached hydrogens (tertiary/aromatic N) is 5. The Labute approximate surface area is 197 Å². The molecule has 1 saturated carbocycles. The second-order valence-corrected chi connectivity index (χ2v) is 9.29. The molecule has 2 aromatic rings. The van der Waals surface area contributed by atoms with Crippen LogP contribution in [0, 0.1) is 6.92 Å². The maximum Gasteiger partial charge on any atom is 0.277 e. The lowest BCUT2D eigenvalue weighted by Gasteiger charge is -2.23. The van der Waals surface area contributed by atoms with Crippen LogP contribution in [0.5, 0.6) is 0 Å². The van der Waals surface area contributed by atoms with Crippen LogP contribution >= 0.6 is 0 Å². The molecule has 2 aliphatic rings. The molecule has 6 nitrogen and oxygen atoms in total. The number of hydrogen-bond acceptors (Lipinski definition) is 5. The van der Waals surface area contributed by atoms with Gasteiger partial charge in [0.1, 0.15) is 5.71 Å². The molecule has 2 heterocycles. The number of fused-ring (bicyclic) bond motifs is 1. The fourth-order valence-electron chi connectivity index (χ4n) is 5.17. The average Bonchev–Trinajstić information content (AvgIpc) is 3.14. The summed E-state index contributed by atoms with van der Waals surface area (Å²) in [5.74, 6) is 0.973. The van der Waals surface area contributed by atoms with Crippen LogP contribution in [0.3, 0.4) is 0 Å². The maximum atomic E-state index is 13.5. The van der Waals surface area contributed by atoms with Gasteiger partial charge in [0.25, 0.3) is 5.56 Å². The van der Waals surface area contributed by atoms with E-state index >= 15 is 0 Å². The molecule has 0 spiro atoms. The SMILES string of the molecule is CCCc1c(C2CCCCC2)nc2n(c1=O)N=C(C)C2=Nc1ccc(N(CC)CC)cc1C. The minimum atomic E-state index is -0.0134. The lowest BCUT2D eigenvalue weighted by Crippen LogP contribution is -2.28. The molecule has 176 valence electrons. The normalized spacial score (nSPS) is 17.4. The van der Waals surface area contributed by atoms with Gasteiger partial charge in [0.2, 0.25) is 0 Å². The second-order valence-electron chi connectivity index (χ2n) is 9.29. The number of aromatic nitrogens is 2. The summed E-state index contributed by atoms with van der Waals surface area (Å²) < 4.78 is 1.49. The van der Waals surface area contributed by atoms with Crippen LogP contribution in [0.15, 0.2) is 33.1 Å². The Balaban J connectivity index is 1.79. The number of aliphatic imine (C=N–C) groups is 1. The first-order valence-electron chi connectivity index (χ1n) is 12.6. The van der Waals surface area contributed by atoms with Crippen molar-refractivity contribution in [2.75, 3.05) is 18.0 Å². The lowest BCUT2D eigenvalue weighted by molar-refractivity contribution is 0.431. The van der Waals surface area contributed by atoms with Gasteiger partial charge in [0.15, 0.2) is 5.82 Å². The Morgan fingerprint density at radius 1 is 1.09 bits per heavy atom. The van der Waals surface area contributed by atoms with Crippen LogP contribution in [0.25, 0.3) is 0 Å². The molecule has 0 unspecified atom stereocenters. The molecule has 0 N–H and O–H groups in total. The molecule has 1 aromatic carbocycles. The minimum absolute atomic E-state index is 0.0134. The van der Waals surface area contributed by atoms with E-state index in [0.717, 1.165) is 67.0 Å². The first-order valence-corrected chi connectivity index (χ1v) is 12.6. The van der Waals surface area contributed by atoms with Gasteiger partial charge in [-0.3, -0.25) is 4.79 Å². The van der Waals surface area contributed by atoms with Gasteiger partial charge in [-0.05, 0) is 70.7 Å². The molecule has 0 amide bonds. The Hall–Kier alpha value is -2.76. The molecule has 33 heavy (non-hydrogen) atoms. The maximum absolute atomic E-state index is 13.5. The summed E-state index contributed by atoms with van der Waals surface area (Å²) in [6.07, 6.45) is 7.62. The van der Waals surface area contributed by atoms with Crippen molar-refractivity contribution < 1.29 is 0 Å². The number of benzene rings is 1. The minimum Gasteiger partial charge on any atom is -0.372 e. The van der Waals surface area contributed by atoms with Crippen LogP contribution in [-0.2, 0) is 6.42 Å². The molecule has 0 saturated heterocycles. The van der Waals surface area contributed by atoms with Crippen molar-refractivity contribution in [1.82, 2.24) is 9.66 Å². The monoisotopic (exact) mass is 447 g/mol. The molecule has 0 atom stereocenters. The van der Waals surface area contributed by atoms with Gasteiger partial charge in [0.05, 0.1) is 17.1 Å². The third kappa shape index (κ3) is 4.53. The highest BCUT2D eigenvalue weighted by molar-refractivity contribution is 6.48. The van der Waals surface area contributed by atoms with E-state index in [1.807, 2.05) is 6.92 Å². The van der Waals surface area contributed by atoms with E-state index in [0.29, 0.717) is 17.5 Å². The molecule has 4 rings (SSSR count). The van der Waals surface area contributed by atoms with E-state index in [2.05, 4.69) is 55.9 Å². The van der Waals surface area contributed by atoms with Gasteiger partial charge in [-0.25, -0.2) is 9.98 Å². The zero-order valence-corrected chi connectivity index (χ0v) is 20.8. The highest BCUT2D eigenvalue weighted by atomic mass is 16.1. The molecule has 1 aromatic heterocycles. The number of hydrogen-bond donors (Lipinski definition) is 0. The van der Waals surface area contributed by atoms with Crippen molar-refractivity contribution in [3.05, 3.63) is 51.2 Å². The Bertz CT molecular complexity index is 1130. The zero-order valence-electron chi connectivity index (χ0n) is 20.8. The molecular formula is C27H37N5O. The third-order valence-electron chi connectivity index (χ3n) is 7.02. The molecule has 1 aliphatic heterocycles. The van der Waals surface area contributed by atoms with Crippen LogP contribution in [0.4, 0.5) is 11.4 Å². The topological polar surface area (TPSA) is 62.9 Å². The lowest BCUT2D eigenvalue weighted by atomic mass is 9.84. The van der Waals surface area contributed by atoms with E-state index < -0.39 is 0 Å². The molecule has 1 fully saturated rings. The predicted molar refractivity (Wildman–Crippen MR) is 138 cm³/mol. The van der Waals surface area contributed by atoms with Gasteiger partial charge in [0, 0.05) is 30.3 Å². The van der Waals surface area contributed by atoms with Crippen molar-refractivity contribution in [2.45, 2.75) is 85.5 Å². The second kappa shape index (κ2) is 10.0. The van der Waals surface area contributed by atoms with Crippen molar-refractivity contribution in [1.29, 1.82) is 0 Å². The first-order chi connectivity index (χ1) is 16.0. The van der Waals surface area contributed by atoms with Crippen molar-refractivity contribution in [3.8, 4) is 0 Å².